The summed E-state index contributed by atoms with van der Waals surface area (Å²) >= 11 is 0. The van der Waals surface area contributed by atoms with E-state index < -0.39 is 0 Å². The summed E-state index contributed by atoms with van der Waals surface area (Å²) in [6, 6.07) is 0. The molecule has 0 radical (unpaired) electrons. The van der Waals surface area contributed by atoms with Gasteiger partial charge in [0.15, 0.2) is 0 Å². The van der Waals surface area contributed by atoms with Crippen LogP contribution in [0, 0.1) is 11.8 Å². The molecule has 0 amide bonds. The van der Waals surface area contributed by atoms with Crippen LogP contribution in [0.2, 0.25) is 0 Å². The van der Waals surface area contributed by atoms with Gasteiger partial charge in [0.1, 0.15) is 0 Å². The number of nitrogens with one attached hydrogen (secondary N) is 1. The summed E-state index contributed by atoms with van der Waals surface area (Å²) in [5, 5.41) is 3.47. The molecule has 2 unspecified atom stereocenters. The molecule has 1 aliphatic carbocycles. The number of hydrogen-bond donors (Lipinski definition) is 1. The predicted molar refractivity (Wildman–Crippen MR) is 48.7 cm³/mol. The fraction of sp³-hybridized carbons (Fsp3) is 1.00. The van der Waals surface area contributed by atoms with Crippen LogP contribution in [-0.2, 0) is 0 Å². The maximum atomic E-state index is 3.47. The molecule has 0 aromatic heterocycles. The van der Waals surface area contributed by atoms with E-state index in [0.29, 0.717) is 0 Å². The summed E-state index contributed by atoms with van der Waals surface area (Å²) in [6.45, 7) is 5.85. The first-order valence-electron chi connectivity index (χ1n) is 4.55. The quantitative estimate of drug-likeness (QED) is 0.592. The van der Waals surface area contributed by atoms with Crippen molar-refractivity contribution in [1.82, 2.24) is 10.2 Å². The Balaban J connectivity index is 1.81. The van der Waals surface area contributed by atoms with Gasteiger partial charge in [-0.15, -0.1) is 0 Å². The summed E-state index contributed by atoms with van der Waals surface area (Å²) in [6.07, 6.45) is 1.44. The first-order chi connectivity index (χ1) is 5.20. The first kappa shape index (κ1) is 9.01. The molecule has 0 saturated heterocycles. The Kier molecular flexibility index (Phi) is 3.34. The van der Waals surface area contributed by atoms with Crippen molar-refractivity contribution in [2.45, 2.75) is 13.3 Å². The van der Waals surface area contributed by atoms with Crippen molar-refractivity contribution < 1.29 is 0 Å². The van der Waals surface area contributed by atoms with Gasteiger partial charge in [0.2, 0.25) is 0 Å². The molecule has 2 nitrogen and oxygen atoms in total. The summed E-state index contributed by atoms with van der Waals surface area (Å²) in [5.74, 6) is 1.97. The normalized spacial score (nSPS) is 29.5. The minimum atomic E-state index is 0.983. The van der Waals surface area contributed by atoms with E-state index in [2.05, 4.69) is 31.2 Å². The van der Waals surface area contributed by atoms with Crippen molar-refractivity contribution in [1.29, 1.82) is 0 Å². The van der Waals surface area contributed by atoms with E-state index >= 15 is 0 Å². The van der Waals surface area contributed by atoms with E-state index in [0.717, 1.165) is 24.9 Å². The Hall–Kier alpha value is -0.0800. The fourth-order valence-electron chi connectivity index (χ4n) is 1.27. The maximum Gasteiger partial charge on any atom is 0.0101 e. The van der Waals surface area contributed by atoms with E-state index in [-0.39, 0.29) is 0 Å². The van der Waals surface area contributed by atoms with Gasteiger partial charge in [0, 0.05) is 13.1 Å². The molecule has 0 spiro atoms. The fourth-order valence-corrected chi connectivity index (χ4v) is 1.27. The average molecular weight is 156 g/mol. The van der Waals surface area contributed by atoms with Gasteiger partial charge in [-0.25, -0.2) is 0 Å². The van der Waals surface area contributed by atoms with Gasteiger partial charge in [-0.1, -0.05) is 6.92 Å². The lowest BCUT2D eigenvalue weighted by molar-refractivity contribution is 0.397. The van der Waals surface area contributed by atoms with Gasteiger partial charge in [0.25, 0.3) is 0 Å². The molecular weight excluding hydrogens is 136 g/mol. The molecule has 11 heavy (non-hydrogen) atoms. The first-order valence-corrected chi connectivity index (χ1v) is 4.55. The molecule has 1 aliphatic rings. The van der Waals surface area contributed by atoms with Crippen molar-refractivity contribution in [2.24, 2.45) is 11.8 Å². The summed E-state index contributed by atoms with van der Waals surface area (Å²) < 4.78 is 0. The van der Waals surface area contributed by atoms with Crippen LogP contribution in [0.5, 0.6) is 0 Å². The van der Waals surface area contributed by atoms with Gasteiger partial charge in [-0.05, 0) is 38.9 Å². The summed E-state index contributed by atoms with van der Waals surface area (Å²) in [7, 11) is 4.23. The molecule has 0 aromatic rings. The molecule has 2 atom stereocenters. The van der Waals surface area contributed by atoms with Crippen LogP contribution in [0.1, 0.15) is 13.3 Å². The molecule has 0 aromatic carbocycles. The standard InChI is InChI=1S/C9H20N2/c1-8-6-9(8)7-10-4-5-11(2)3/h8-10H,4-7H2,1-3H3. The number of likely N-dealkylation sites (N-methyl/N-ethyl adjacent to an activating group) is 1. The Morgan fingerprint density at radius 1 is 1.45 bits per heavy atom. The SMILES string of the molecule is CC1CC1CNCCN(C)C. The molecule has 0 aliphatic heterocycles. The highest BCUT2D eigenvalue weighted by Crippen LogP contribution is 2.36. The van der Waals surface area contributed by atoms with E-state index in [9.17, 15) is 0 Å². The lowest BCUT2D eigenvalue weighted by Crippen LogP contribution is -2.28. The summed E-state index contributed by atoms with van der Waals surface area (Å²) in [4.78, 5) is 2.21. The molecular formula is C9H20N2. The van der Waals surface area contributed by atoms with Gasteiger partial charge in [-0.2, -0.15) is 0 Å². The minimum Gasteiger partial charge on any atom is -0.315 e. The summed E-state index contributed by atoms with van der Waals surface area (Å²) in [5.41, 5.74) is 0. The minimum absolute atomic E-state index is 0.983. The Bertz CT molecular complexity index is 112. The van der Waals surface area contributed by atoms with Crippen LogP contribution in [0.3, 0.4) is 0 Å². The molecule has 0 bridgehead atoms. The smallest absolute Gasteiger partial charge is 0.0101 e. The second-order valence-corrected chi connectivity index (χ2v) is 3.98. The lowest BCUT2D eigenvalue weighted by Gasteiger charge is -2.09. The highest BCUT2D eigenvalue weighted by molar-refractivity contribution is 4.83. The highest BCUT2D eigenvalue weighted by Gasteiger charge is 2.31. The van der Waals surface area contributed by atoms with Crippen LogP contribution in [-0.4, -0.2) is 38.6 Å². The van der Waals surface area contributed by atoms with Gasteiger partial charge in [0.05, 0.1) is 0 Å². The molecule has 0 heterocycles. The van der Waals surface area contributed by atoms with E-state index in [1.807, 2.05) is 0 Å². The zero-order chi connectivity index (χ0) is 8.27. The van der Waals surface area contributed by atoms with Crippen molar-refractivity contribution in [3.05, 3.63) is 0 Å². The predicted octanol–water partition coefficient (Wildman–Crippen LogP) is 0.794. The van der Waals surface area contributed by atoms with Crippen molar-refractivity contribution in [2.75, 3.05) is 33.7 Å². The van der Waals surface area contributed by atoms with Gasteiger partial charge >= 0.3 is 0 Å². The van der Waals surface area contributed by atoms with Gasteiger partial charge < -0.3 is 10.2 Å². The van der Waals surface area contributed by atoms with Crippen molar-refractivity contribution in [3.8, 4) is 0 Å². The number of nitrogens with zero attached hydrogens (tertiary/aromatic N) is 1. The van der Waals surface area contributed by atoms with Crippen molar-refractivity contribution in [3.63, 3.8) is 0 Å². The van der Waals surface area contributed by atoms with Crippen LogP contribution in [0.15, 0.2) is 0 Å². The second-order valence-electron chi connectivity index (χ2n) is 3.98. The maximum absolute atomic E-state index is 3.47. The van der Waals surface area contributed by atoms with Crippen LogP contribution in [0.25, 0.3) is 0 Å². The lowest BCUT2D eigenvalue weighted by atomic mass is 10.3. The third kappa shape index (κ3) is 3.73. The Morgan fingerprint density at radius 2 is 2.09 bits per heavy atom. The van der Waals surface area contributed by atoms with Gasteiger partial charge in [-0.3, -0.25) is 0 Å². The number of rotatable bonds is 5. The number of hydrogen-bond acceptors (Lipinski definition) is 2. The average Bonchev–Trinajstić information content (AvgIpc) is 2.59. The van der Waals surface area contributed by atoms with Crippen LogP contribution in [0.4, 0.5) is 0 Å². The molecule has 2 heteroatoms. The Morgan fingerprint density at radius 3 is 2.55 bits per heavy atom. The molecule has 1 saturated carbocycles. The topological polar surface area (TPSA) is 15.3 Å². The zero-order valence-corrected chi connectivity index (χ0v) is 7.93. The van der Waals surface area contributed by atoms with Crippen molar-refractivity contribution >= 4 is 0 Å². The molecule has 1 fully saturated rings. The van der Waals surface area contributed by atoms with E-state index in [1.165, 1.54) is 13.0 Å². The third-order valence-electron chi connectivity index (χ3n) is 2.42. The largest absolute Gasteiger partial charge is 0.315 e. The Labute approximate surface area is 70.0 Å². The molecule has 1 rings (SSSR count). The van der Waals surface area contributed by atoms with E-state index in [4.69, 9.17) is 0 Å². The molecule has 1 N–H and O–H groups in total. The second kappa shape index (κ2) is 4.07. The highest BCUT2D eigenvalue weighted by atomic mass is 15.1. The zero-order valence-electron chi connectivity index (χ0n) is 7.93. The molecule has 66 valence electrons. The van der Waals surface area contributed by atoms with Crippen LogP contribution < -0.4 is 5.32 Å². The monoisotopic (exact) mass is 156 g/mol. The van der Waals surface area contributed by atoms with Crippen LogP contribution >= 0.6 is 0 Å². The third-order valence-corrected chi connectivity index (χ3v) is 2.42. The van der Waals surface area contributed by atoms with E-state index in [1.54, 1.807) is 0 Å².